The van der Waals surface area contributed by atoms with E-state index in [9.17, 15) is 9.90 Å². The van der Waals surface area contributed by atoms with E-state index in [1.54, 1.807) is 19.9 Å². The topological polar surface area (TPSA) is 46.5 Å². The van der Waals surface area contributed by atoms with Crippen LogP contribution in [0.4, 0.5) is 0 Å². The Kier molecular flexibility index (Phi) is 5.12. The summed E-state index contributed by atoms with van der Waals surface area (Å²) in [5.74, 6) is 2.58. The van der Waals surface area contributed by atoms with Crippen molar-refractivity contribution >= 4 is 28.9 Å². The highest BCUT2D eigenvalue weighted by Crippen LogP contribution is 2.47. The zero-order valence-electron chi connectivity index (χ0n) is 10.7. The molecule has 0 spiro atoms. The van der Waals surface area contributed by atoms with E-state index >= 15 is 0 Å². The molecule has 0 aliphatic heterocycles. The first-order valence-corrected chi connectivity index (χ1v) is 8.54. The predicted octanol–water partition coefficient (Wildman–Crippen LogP) is 2.81. The van der Waals surface area contributed by atoms with Gasteiger partial charge in [0.2, 0.25) is 0 Å². The molecular formula is C13H17O3PS. The van der Waals surface area contributed by atoms with E-state index in [0.29, 0.717) is 0 Å². The van der Waals surface area contributed by atoms with Gasteiger partial charge in [0.15, 0.2) is 0 Å². The van der Waals surface area contributed by atoms with Crippen LogP contribution in [0.5, 0.6) is 5.75 Å². The normalized spacial score (nSPS) is 14.9. The Morgan fingerprint density at radius 3 is 2.33 bits per heavy atom. The number of Topliss-reactive ketones (excluding diaryl/α,β-unsaturated/α-hetero) is 1. The maximum atomic E-state index is 11.4. The third-order valence-corrected chi connectivity index (χ3v) is 6.58. The molecule has 0 saturated heterocycles. The van der Waals surface area contributed by atoms with Crippen molar-refractivity contribution in [3.8, 4) is 5.75 Å². The number of ether oxygens (including phenoxy) is 1. The summed E-state index contributed by atoms with van der Waals surface area (Å²) in [5.41, 5.74) is 0. The van der Waals surface area contributed by atoms with Crippen LogP contribution in [0.1, 0.15) is 13.8 Å². The Hall–Kier alpha value is -1.12. The Bertz CT molecular complexity index is 501. The van der Waals surface area contributed by atoms with E-state index < -0.39 is 6.04 Å². The molecule has 5 heteroatoms. The van der Waals surface area contributed by atoms with Crippen molar-refractivity contribution in [2.75, 3.05) is 13.3 Å². The summed E-state index contributed by atoms with van der Waals surface area (Å²) in [6.45, 7) is 3.09. The molecule has 1 N–H and O–H groups in total. The van der Waals surface area contributed by atoms with Crippen LogP contribution >= 0.6 is 6.04 Å². The minimum absolute atomic E-state index is 0.0339. The molecule has 98 valence electrons. The van der Waals surface area contributed by atoms with Crippen LogP contribution in [0.15, 0.2) is 35.8 Å². The molecule has 1 aromatic carbocycles. The van der Waals surface area contributed by atoms with Gasteiger partial charge in [-0.2, -0.15) is 0 Å². The minimum Gasteiger partial charge on any atom is -0.513 e. The molecule has 0 heterocycles. The Balaban J connectivity index is 3.21. The quantitative estimate of drug-likeness (QED) is 0.667. The van der Waals surface area contributed by atoms with E-state index in [1.165, 1.54) is 6.92 Å². The predicted molar refractivity (Wildman–Crippen MR) is 78.8 cm³/mol. The number of carbonyl (C=O) groups excluding carboxylic acids is 1. The Labute approximate surface area is 112 Å². The average molecular weight is 284 g/mol. The highest BCUT2D eigenvalue weighted by atomic mass is 32.4. The van der Waals surface area contributed by atoms with Gasteiger partial charge in [0.1, 0.15) is 11.5 Å². The molecule has 0 fully saturated rings. The number of methoxy groups -OCH3 is 1. The van der Waals surface area contributed by atoms with Crippen LogP contribution in [0.3, 0.4) is 0 Å². The first-order chi connectivity index (χ1) is 8.37. The number of rotatable bonds is 5. The Morgan fingerprint density at radius 2 is 1.94 bits per heavy atom. The van der Waals surface area contributed by atoms with Gasteiger partial charge in [-0.3, -0.25) is 4.79 Å². The van der Waals surface area contributed by atoms with E-state index in [4.69, 9.17) is 16.5 Å². The molecule has 1 unspecified atom stereocenters. The third kappa shape index (κ3) is 3.97. The van der Waals surface area contributed by atoms with Crippen LogP contribution < -0.4 is 10.0 Å². The van der Waals surface area contributed by atoms with Crippen molar-refractivity contribution in [1.29, 1.82) is 0 Å². The molecule has 3 nitrogen and oxygen atoms in total. The van der Waals surface area contributed by atoms with Crippen molar-refractivity contribution in [2.24, 2.45) is 0 Å². The fourth-order valence-electron chi connectivity index (χ4n) is 1.68. The average Bonchev–Trinajstić information content (AvgIpc) is 2.27. The van der Waals surface area contributed by atoms with E-state index in [1.807, 2.05) is 24.3 Å². The summed E-state index contributed by atoms with van der Waals surface area (Å²) in [4.78, 5) is 11.4. The zero-order valence-corrected chi connectivity index (χ0v) is 12.4. The molecule has 0 aromatic heterocycles. The fraction of sp³-hybridized carbons (Fsp3) is 0.308. The van der Waals surface area contributed by atoms with E-state index in [-0.39, 0.29) is 17.7 Å². The molecule has 18 heavy (non-hydrogen) atoms. The van der Waals surface area contributed by atoms with Gasteiger partial charge in [0.25, 0.3) is 0 Å². The lowest BCUT2D eigenvalue weighted by Crippen LogP contribution is -2.10. The number of aliphatic hydroxyl groups is 1. The number of ketones is 1. The molecule has 1 aromatic rings. The van der Waals surface area contributed by atoms with Crippen molar-refractivity contribution < 1.29 is 14.6 Å². The number of carbonyl (C=O) groups is 1. The maximum absolute atomic E-state index is 11.4. The van der Waals surface area contributed by atoms with Gasteiger partial charge in [-0.15, -0.1) is 0 Å². The zero-order chi connectivity index (χ0) is 13.8. The van der Waals surface area contributed by atoms with Gasteiger partial charge >= 0.3 is 0 Å². The molecule has 0 radical (unpaired) electrons. The molecular weight excluding hydrogens is 267 g/mol. The third-order valence-electron chi connectivity index (χ3n) is 2.36. The monoisotopic (exact) mass is 284 g/mol. The maximum Gasteiger partial charge on any atom is 0.135 e. The molecule has 0 aliphatic rings. The van der Waals surface area contributed by atoms with Crippen molar-refractivity contribution in [3.63, 3.8) is 0 Å². The first-order valence-electron chi connectivity index (χ1n) is 5.48. The largest absolute Gasteiger partial charge is 0.513 e. The second-order valence-electron chi connectivity index (χ2n) is 4.12. The van der Waals surface area contributed by atoms with Crippen LogP contribution in [0, 0.1) is 0 Å². The summed E-state index contributed by atoms with van der Waals surface area (Å²) >= 11 is 5.61. The summed E-state index contributed by atoms with van der Waals surface area (Å²) in [6, 6.07) is 5.16. The highest BCUT2D eigenvalue weighted by molar-refractivity contribution is 8.20. The molecule has 0 bridgehead atoms. The van der Waals surface area contributed by atoms with Gasteiger partial charge in [-0.25, -0.2) is 0 Å². The van der Waals surface area contributed by atoms with E-state index in [0.717, 1.165) is 11.1 Å². The summed E-state index contributed by atoms with van der Waals surface area (Å²) < 4.78 is 5.09. The van der Waals surface area contributed by atoms with Crippen LogP contribution in [-0.4, -0.2) is 24.2 Å². The second-order valence-corrected chi connectivity index (χ2v) is 8.76. The Morgan fingerprint density at radius 1 is 1.39 bits per heavy atom. The SMILES string of the molecule is COc1ccc(P(=S)(/C=C(/C)O)CC(C)=O)cc1. The number of hydrogen-bond acceptors (Lipinski definition) is 4. The van der Waals surface area contributed by atoms with Crippen LogP contribution in [0.25, 0.3) is 0 Å². The molecule has 1 atom stereocenters. The second kappa shape index (κ2) is 6.17. The summed E-state index contributed by atoms with van der Waals surface area (Å²) in [5, 5.41) is 10.4. The van der Waals surface area contributed by atoms with Gasteiger partial charge in [0.05, 0.1) is 12.9 Å². The molecule has 1 rings (SSSR count). The number of aliphatic hydroxyl groups excluding tert-OH is 1. The molecule has 0 amide bonds. The van der Waals surface area contributed by atoms with Crippen LogP contribution in [0.2, 0.25) is 0 Å². The van der Waals surface area contributed by atoms with Crippen molar-refractivity contribution in [2.45, 2.75) is 13.8 Å². The molecule has 0 aliphatic carbocycles. The van der Waals surface area contributed by atoms with Crippen molar-refractivity contribution in [1.82, 2.24) is 0 Å². The first kappa shape index (κ1) is 14.9. The smallest absolute Gasteiger partial charge is 0.135 e. The standard InChI is InChI=1S/C13H17O3PS/c1-10(14)8-17(18,9-11(2)15)13-6-4-12(16-3)5-7-13/h4-8,14H,9H2,1-3H3/b10-8-. The summed E-state index contributed by atoms with van der Waals surface area (Å²) in [7, 11) is 1.60. The number of allylic oxidation sites excluding steroid dienone is 1. The van der Waals surface area contributed by atoms with Crippen molar-refractivity contribution in [3.05, 3.63) is 35.8 Å². The minimum atomic E-state index is -2.20. The lowest BCUT2D eigenvalue weighted by Gasteiger charge is -2.17. The molecule has 0 saturated carbocycles. The number of hydrogen-bond donors (Lipinski definition) is 1. The lowest BCUT2D eigenvalue weighted by atomic mass is 10.3. The van der Waals surface area contributed by atoms with Gasteiger partial charge in [-0.05, 0) is 49.2 Å². The van der Waals surface area contributed by atoms with Gasteiger partial charge in [-0.1, -0.05) is 11.8 Å². The lowest BCUT2D eigenvalue weighted by molar-refractivity contribution is -0.114. The van der Waals surface area contributed by atoms with E-state index in [2.05, 4.69) is 0 Å². The fourth-order valence-corrected chi connectivity index (χ4v) is 5.39. The van der Waals surface area contributed by atoms with Gasteiger partial charge < -0.3 is 9.84 Å². The summed E-state index contributed by atoms with van der Waals surface area (Å²) in [6.07, 6.45) is 0.284. The van der Waals surface area contributed by atoms with Gasteiger partial charge in [0, 0.05) is 12.2 Å². The van der Waals surface area contributed by atoms with Crippen LogP contribution in [-0.2, 0) is 16.6 Å². The number of benzene rings is 1. The highest BCUT2D eigenvalue weighted by Gasteiger charge is 2.19.